The minimum Gasteiger partial charge on any atom is -0.368 e. The summed E-state index contributed by atoms with van der Waals surface area (Å²) in [6.07, 6.45) is 1.56. The van der Waals surface area contributed by atoms with Crippen LogP contribution in [-0.4, -0.2) is 33.1 Å². The highest BCUT2D eigenvalue weighted by Crippen LogP contribution is 2.52. The minimum atomic E-state index is -0.535. The fourth-order valence-corrected chi connectivity index (χ4v) is 5.35. The van der Waals surface area contributed by atoms with Crippen molar-refractivity contribution < 1.29 is 9.84 Å². The van der Waals surface area contributed by atoms with Gasteiger partial charge < -0.3 is 9.84 Å². The van der Waals surface area contributed by atoms with Crippen LogP contribution in [0.2, 0.25) is 0 Å². The third-order valence-electron chi connectivity index (χ3n) is 2.29. The first-order valence-corrected chi connectivity index (χ1v) is 6.29. The molecule has 0 aromatic heterocycles. The number of hydrogen-bond acceptors (Lipinski definition) is 4. The number of hydrogen-bond donors (Lipinski definition) is 1. The Kier molecular flexibility index (Phi) is 2.61. The maximum Gasteiger partial charge on any atom is 0.157 e. The lowest BCUT2D eigenvalue weighted by Crippen LogP contribution is -2.38. The highest BCUT2D eigenvalue weighted by atomic mass is 32.2. The number of thioether (sulfide) groups is 2. The lowest BCUT2D eigenvalue weighted by Gasteiger charge is -2.37. The summed E-state index contributed by atoms with van der Waals surface area (Å²) in [5, 5.41) is 9.46. The van der Waals surface area contributed by atoms with Gasteiger partial charge in [-0.2, -0.15) is 0 Å². The number of aliphatic hydroxyl groups excluding tert-OH is 1. The first-order chi connectivity index (χ1) is 5.70. The van der Waals surface area contributed by atoms with Crippen molar-refractivity contribution in [2.75, 3.05) is 11.5 Å². The Bertz CT molecular complexity index is 156. The van der Waals surface area contributed by atoms with E-state index in [1.807, 2.05) is 30.4 Å². The van der Waals surface area contributed by atoms with E-state index >= 15 is 0 Å². The molecule has 1 unspecified atom stereocenters. The van der Waals surface area contributed by atoms with E-state index in [2.05, 4.69) is 0 Å². The standard InChI is InChI=1S/C8H14O2S2/c1-6-4-8(5-7(9)10-6)11-2-3-12-8/h6-7,9H,2-5H2,1H3/t6-,7?/m0/s1. The molecule has 0 bridgehead atoms. The normalized spacial score (nSPS) is 40.5. The van der Waals surface area contributed by atoms with Gasteiger partial charge in [0.2, 0.25) is 0 Å². The SMILES string of the molecule is C[C@H]1CC2(CC(O)O1)SCCS2. The summed E-state index contributed by atoms with van der Waals surface area (Å²) in [6, 6.07) is 0. The van der Waals surface area contributed by atoms with Crippen LogP contribution in [-0.2, 0) is 4.74 Å². The van der Waals surface area contributed by atoms with E-state index in [1.165, 1.54) is 11.5 Å². The van der Waals surface area contributed by atoms with Crippen molar-refractivity contribution in [1.29, 1.82) is 0 Å². The van der Waals surface area contributed by atoms with Crippen LogP contribution in [0.1, 0.15) is 19.8 Å². The van der Waals surface area contributed by atoms with Crippen molar-refractivity contribution in [3.63, 3.8) is 0 Å². The van der Waals surface area contributed by atoms with Crippen LogP contribution in [0.15, 0.2) is 0 Å². The quantitative estimate of drug-likeness (QED) is 0.653. The van der Waals surface area contributed by atoms with E-state index in [9.17, 15) is 5.11 Å². The lowest BCUT2D eigenvalue weighted by atomic mass is 10.1. The predicted octanol–water partition coefficient (Wildman–Crippen LogP) is 1.68. The average molecular weight is 206 g/mol. The second-order valence-corrected chi connectivity index (χ2v) is 6.63. The molecular formula is C8H14O2S2. The van der Waals surface area contributed by atoms with Gasteiger partial charge in [-0.1, -0.05) is 0 Å². The highest BCUT2D eigenvalue weighted by Gasteiger charge is 2.42. The molecule has 0 radical (unpaired) electrons. The molecule has 0 aromatic rings. The van der Waals surface area contributed by atoms with Crippen molar-refractivity contribution in [2.24, 2.45) is 0 Å². The van der Waals surface area contributed by atoms with E-state index in [4.69, 9.17) is 4.74 Å². The topological polar surface area (TPSA) is 29.5 Å². The zero-order chi connectivity index (χ0) is 8.60. The number of ether oxygens (including phenoxy) is 1. The molecule has 4 heteroatoms. The molecule has 0 saturated carbocycles. The summed E-state index contributed by atoms with van der Waals surface area (Å²) in [5.41, 5.74) is 0. The molecule has 2 aliphatic heterocycles. The maximum atomic E-state index is 9.46. The summed E-state index contributed by atoms with van der Waals surface area (Å²) in [4.78, 5) is 0. The van der Waals surface area contributed by atoms with Gasteiger partial charge in [-0.3, -0.25) is 0 Å². The molecule has 2 atom stereocenters. The van der Waals surface area contributed by atoms with Gasteiger partial charge in [-0.05, 0) is 13.3 Å². The van der Waals surface area contributed by atoms with Gasteiger partial charge in [0.15, 0.2) is 6.29 Å². The van der Waals surface area contributed by atoms with Crippen LogP contribution in [0.4, 0.5) is 0 Å². The van der Waals surface area contributed by atoms with Crippen LogP contribution in [0.5, 0.6) is 0 Å². The van der Waals surface area contributed by atoms with E-state index in [0.29, 0.717) is 0 Å². The Morgan fingerprint density at radius 1 is 1.33 bits per heavy atom. The fraction of sp³-hybridized carbons (Fsp3) is 1.00. The number of aliphatic hydroxyl groups is 1. The van der Waals surface area contributed by atoms with Crippen molar-refractivity contribution in [3.8, 4) is 0 Å². The number of rotatable bonds is 0. The Morgan fingerprint density at radius 3 is 2.58 bits per heavy atom. The zero-order valence-corrected chi connectivity index (χ0v) is 8.79. The molecule has 0 aliphatic carbocycles. The monoisotopic (exact) mass is 206 g/mol. The highest BCUT2D eigenvalue weighted by molar-refractivity contribution is 8.21. The molecule has 2 rings (SSSR count). The first kappa shape index (κ1) is 9.19. The average Bonchev–Trinajstić information content (AvgIpc) is 2.33. The first-order valence-electron chi connectivity index (χ1n) is 4.32. The van der Waals surface area contributed by atoms with E-state index in [-0.39, 0.29) is 10.2 Å². The third-order valence-corrected chi connectivity index (χ3v) is 5.79. The molecule has 0 amide bonds. The molecule has 2 saturated heterocycles. The molecule has 2 fully saturated rings. The summed E-state index contributed by atoms with van der Waals surface area (Å²) in [7, 11) is 0. The van der Waals surface area contributed by atoms with Crippen LogP contribution in [0.3, 0.4) is 0 Å². The molecular weight excluding hydrogens is 192 g/mol. The van der Waals surface area contributed by atoms with Crippen molar-refractivity contribution in [2.45, 2.75) is 36.2 Å². The third kappa shape index (κ3) is 1.76. The van der Waals surface area contributed by atoms with Gasteiger partial charge in [0.1, 0.15) is 0 Å². The molecule has 0 aromatic carbocycles. The van der Waals surface area contributed by atoms with Crippen molar-refractivity contribution in [3.05, 3.63) is 0 Å². The molecule has 12 heavy (non-hydrogen) atoms. The van der Waals surface area contributed by atoms with Gasteiger partial charge in [0, 0.05) is 17.9 Å². The Balaban J connectivity index is 2.04. The molecule has 1 N–H and O–H groups in total. The lowest BCUT2D eigenvalue weighted by molar-refractivity contribution is -0.157. The van der Waals surface area contributed by atoms with E-state index < -0.39 is 6.29 Å². The van der Waals surface area contributed by atoms with E-state index in [0.717, 1.165) is 12.8 Å². The van der Waals surface area contributed by atoms with Crippen LogP contribution >= 0.6 is 23.5 Å². The minimum absolute atomic E-state index is 0.215. The Labute approximate surface area is 81.4 Å². The zero-order valence-electron chi connectivity index (χ0n) is 7.16. The Hall–Kier alpha value is 0.620. The summed E-state index contributed by atoms with van der Waals surface area (Å²) >= 11 is 3.99. The second kappa shape index (κ2) is 3.40. The molecule has 2 aliphatic rings. The van der Waals surface area contributed by atoms with E-state index in [1.54, 1.807) is 0 Å². The van der Waals surface area contributed by atoms with Crippen LogP contribution in [0, 0.1) is 0 Å². The van der Waals surface area contributed by atoms with Gasteiger partial charge in [0.25, 0.3) is 0 Å². The summed E-state index contributed by atoms with van der Waals surface area (Å²) in [6.45, 7) is 2.05. The Morgan fingerprint density at radius 2 is 2.00 bits per heavy atom. The maximum absolute atomic E-state index is 9.46. The largest absolute Gasteiger partial charge is 0.368 e. The van der Waals surface area contributed by atoms with Crippen LogP contribution in [0.25, 0.3) is 0 Å². The molecule has 2 heterocycles. The molecule has 70 valence electrons. The fourth-order valence-electron chi connectivity index (χ4n) is 1.88. The van der Waals surface area contributed by atoms with Crippen molar-refractivity contribution in [1.82, 2.24) is 0 Å². The van der Waals surface area contributed by atoms with Gasteiger partial charge in [0.05, 0.1) is 10.2 Å². The second-order valence-electron chi connectivity index (χ2n) is 3.42. The van der Waals surface area contributed by atoms with Crippen LogP contribution < -0.4 is 0 Å². The van der Waals surface area contributed by atoms with Gasteiger partial charge in [-0.25, -0.2) is 0 Å². The summed E-state index contributed by atoms with van der Waals surface area (Å²) in [5.74, 6) is 2.45. The van der Waals surface area contributed by atoms with Crippen molar-refractivity contribution >= 4 is 23.5 Å². The predicted molar refractivity (Wildman–Crippen MR) is 53.4 cm³/mol. The molecule has 2 nitrogen and oxygen atoms in total. The van der Waals surface area contributed by atoms with Gasteiger partial charge >= 0.3 is 0 Å². The van der Waals surface area contributed by atoms with Gasteiger partial charge in [-0.15, -0.1) is 23.5 Å². The molecule has 1 spiro atoms. The summed E-state index contributed by atoms with van der Waals surface area (Å²) < 4.78 is 5.58. The smallest absolute Gasteiger partial charge is 0.157 e.